The number of aliphatic hydroxyl groups excluding tert-OH is 1. The van der Waals surface area contributed by atoms with Crippen molar-refractivity contribution in [1.29, 1.82) is 0 Å². The van der Waals surface area contributed by atoms with Gasteiger partial charge in [0.1, 0.15) is 6.61 Å². The molecule has 0 bridgehead atoms. The van der Waals surface area contributed by atoms with Gasteiger partial charge in [0.2, 0.25) is 5.91 Å². The van der Waals surface area contributed by atoms with Crippen LogP contribution >= 0.6 is 0 Å². The fourth-order valence-electron chi connectivity index (χ4n) is 1.69. The van der Waals surface area contributed by atoms with Gasteiger partial charge in [0, 0.05) is 23.1 Å². The Bertz CT molecular complexity index is 642. The van der Waals surface area contributed by atoms with E-state index >= 15 is 0 Å². The van der Waals surface area contributed by atoms with E-state index in [1.54, 1.807) is 24.4 Å². The first-order chi connectivity index (χ1) is 9.78. The minimum atomic E-state index is -0.184. The van der Waals surface area contributed by atoms with Crippen LogP contribution in [-0.4, -0.2) is 22.6 Å². The van der Waals surface area contributed by atoms with Crippen LogP contribution in [0.3, 0.4) is 0 Å². The summed E-state index contributed by atoms with van der Waals surface area (Å²) >= 11 is 0. The lowest BCUT2D eigenvalue weighted by atomic mass is 10.2. The molecule has 0 aliphatic carbocycles. The lowest BCUT2D eigenvalue weighted by Gasteiger charge is -2.05. The van der Waals surface area contributed by atoms with Crippen LogP contribution in [0.25, 0.3) is 0 Å². The van der Waals surface area contributed by atoms with Gasteiger partial charge in [0.15, 0.2) is 0 Å². The fraction of sp³-hybridized carbons (Fsp3) is 0.125. The molecular formula is C16H14N2O2. The largest absolute Gasteiger partial charge is 0.384 e. The molecule has 0 aliphatic rings. The Morgan fingerprint density at radius 2 is 2.15 bits per heavy atom. The molecule has 0 radical (unpaired) electrons. The van der Waals surface area contributed by atoms with Gasteiger partial charge >= 0.3 is 0 Å². The van der Waals surface area contributed by atoms with Crippen LogP contribution in [-0.2, 0) is 11.2 Å². The molecule has 0 atom stereocenters. The number of nitrogens with one attached hydrogen (secondary N) is 1. The summed E-state index contributed by atoms with van der Waals surface area (Å²) in [5.41, 5.74) is 2.14. The first-order valence-corrected chi connectivity index (χ1v) is 6.17. The predicted octanol–water partition coefficient (Wildman–Crippen LogP) is 1.61. The molecule has 0 unspecified atom stereocenters. The lowest BCUT2D eigenvalue weighted by Crippen LogP contribution is -2.15. The molecule has 2 aromatic rings. The third kappa shape index (κ3) is 4.23. The minimum Gasteiger partial charge on any atom is -0.384 e. The number of anilines is 1. The molecule has 0 aliphatic heterocycles. The van der Waals surface area contributed by atoms with Gasteiger partial charge in [-0.25, -0.2) is 0 Å². The molecule has 2 rings (SSSR count). The van der Waals surface area contributed by atoms with Crippen molar-refractivity contribution in [2.45, 2.75) is 6.42 Å². The van der Waals surface area contributed by atoms with Crippen molar-refractivity contribution in [3.8, 4) is 11.8 Å². The molecular weight excluding hydrogens is 252 g/mol. The average Bonchev–Trinajstić information content (AvgIpc) is 2.46. The topological polar surface area (TPSA) is 62.2 Å². The van der Waals surface area contributed by atoms with E-state index in [-0.39, 0.29) is 18.9 Å². The summed E-state index contributed by atoms with van der Waals surface area (Å²) in [7, 11) is 0. The number of nitrogens with zero attached hydrogens (tertiary/aromatic N) is 1. The molecule has 0 saturated carbocycles. The molecule has 4 nitrogen and oxygen atoms in total. The van der Waals surface area contributed by atoms with Gasteiger partial charge in [-0.05, 0) is 30.3 Å². The van der Waals surface area contributed by atoms with Crippen LogP contribution in [0.1, 0.15) is 11.3 Å². The Morgan fingerprint density at radius 1 is 1.25 bits per heavy atom. The number of carbonyl (C=O) groups is 1. The smallest absolute Gasteiger partial charge is 0.230 e. The zero-order chi connectivity index (χ0) is 14.2. The second kappa shape index (κ2) is 7.07. The van der Waals surface area contributed by atoms with Crippen LogP contribution in [0.5, 0.6) is 0 Å². The highest BCUT2D eigenvalue weighted by atomic mass is 16.2. The first-order valence-electron chi connectivity index (χ1n) is 6.17. The van der Waals surface area contributed by atoms with Gasteiger partial charge in [0.25, 0.3) is 0 Å². The summed E-state index contributed by atoms with van der Waals surface area (Å²) in [4.78, 5) is 16.0. The molecule has 1 aromatic heterocycles. The molecule has 1 heterocycles. The van der Waals surface area contributed by atoms with Crippen LogP contribution in [0.2, 0.25) is 0 Å². The van der Waals surface area contributed by atoms with E-state index in [0.29, 0.717) is 5.69 Å². The third-order valence-corrected chi connectivity index (χ3v) is 2.53. The summed E-state index contributed by atoms with van der Waals surface area (Å²) in [6.45, 7) is -0.184. The number of benzene rings is 1. The highest BCUT2D eigenvalue weighted by Crippen LogP contribution is 2.10. The van der Waals surface area contributed by atoms with Gasteiger partial charge in [0.05, 0.1) is 6.42 Å². The van der Waals surface area contributed by atoms with Crippen molar-refractivity contribution in [3.63, 3.8) is 0 Å². The van der Waals surface area contributed by atoms with E-state index < -0.39 is 0 Å². The first kappa shape index (κ1) is 13.8. The molecule has 1 aromatic carbocycles. The van der Waals surface area contributed by atoms with E-state index in [1.807, 2.05) is 24.3 Å². The van der Waals surface area contributed by atoms with Crippen molar-refractivity contribution in [2.75, 3.05) is 11.9 Å². The number of aromatic nitrogens is 1. The molecule has 0 fully saturated rings. The van der Waals surface area contributed by atoms with E-state index in [4.69, 9.17) is 5.11 Å². The second-order valence-electron chi connectivity index (χ2n) is 4.09. The number of pyridine rings is 1. The Morgan fingerprint density at radius 3 is 2.90 bits per heavy atom. The lowest BCUT2D eigenvalue weighted by molar-refractivity contribution is -0.115. The Labute approximate surface area is 117 Å². The van der Waals surface area contributed by atoms with Gasteiger partial charge in [-0.15, -0.1) is 0 Å². The molecule has 20 heavy (non-hydrogen) atoms. The van der Waals surface area contributed by atoms with Crippen molar-refractivity contribution in [3.05, 3.63) is 59.9 Å². The van der Waals surface area contributed by atoms with Crippen molar-refractivity contribution in [2.24, 2.45) is 0 Å². The summed E-state index contributed by atoms with van der Waals surface area (Å²) in [5, 5.41) is 11.5. The highest BCUT2D eigenvalue weighted by Gasteiger charge is 2.04. The van der Waals surface area contributed by atoms with E-state index in [9.17, 15) is 4.79 Å². The zero-order valence-electron chi connectivity index (χ0n) is 10.8. The second-order valence-corrected chi connectivity index (χ2v) is 4.09. The molecule has 0 spiro atoms. The van der Waals surface area contributed by atoms with Crippen molar-refractivity contribution in [1.82, 2.24) is 4.98 Å². The molecule has 4 heteroatoms. The summed E-state index contributed by atoms with van der Waals surface area (Å²) in [5.74, 6) is 5.23. The van der Waals surface area contributed by atoms with Gasteiger partial charge in [-0.2, -0.15) is 0 Å². The number of hydrogen-bond donors (Lipinski definition) is 2. The summed E-state index contributed by atoms with van der Waals surface area (Å²) < 4.78 is 0. The maximum absolute atomic E-state index is 11.9. The van der Waals surface area contributed by atoms with Crippen LogP contribution in [0.4, 0.5) is 5.69 Å². The summed E-state index contributed by atoms with van der Waals surface area (Å²) in [6.07, 6.45) is 1.89. The average molecular weight is 266 g/mol. The van der Waals surface area contributed by atoms with Gasteiger partial charge < -0.3 is 10.4 Å². The van der Waals surface area contributed by atoms with Crippen molar-refractivity contribution < 1.29 is 9.90 Å². The number of hydrogen-bond acceptors (Lipinski definition) is 3. The number of amides is 1. The van der Waals surface area contributed by atoms with E-state index in [1.165, 1.54) is 0 Å². The Balaban J connectivity index is 2.01. The standard InChI is InChI=1S/C16H14N2O2/c19-10-4-6-13-5-3-8-15(11-13)18-16(20)12-14-7-1-2-9-17-14/h1-3,5,7-9,11,19H,10,12H2,(H,18,20). The minimum absolute atomic E-state index is 0.129. The Kier molecular flexibility index (Phi) is 4.87. The molecule has 100 valence electrons. The zero-order valence-corrected chi connectivity index (χ0v) is 10.8. The fourth-order valence-corrected chi connectivity index (χ4v) is 1.69. The van der Waals surface area contributed by atoms with Crippen molar-refractivity contribution >= 4 is 11.6 Å². The maximum Gasteiger partial charge on any atom is 0.230 e. The SMILES string of the molecule is O=C(Cc1ccccn1)Nc1cccc(C#CCO)c1. The van der Waals surface area contributed by atoms with E-state index in [2.05, 4.69) is 22.1 Å². The normalized spacial score (nSPS) is 9.45. The quantitative estimate of drug-likeness (QED) is 0.830. The number of rotatable bonds is 3. The maximum atomic E-state index is 11.9. The van der Waals surface area contributed by atoms with Crippen LogP contribution in [0.15, 0.2) is 48.7 Å². The number of carbonyl (C=O) groups excluding carboxylic acids is 1. The van der Waals surface area contributed by atoms with Crippen LogP contribution in [0, 0.1) is 11.8 Å². The predicted molar refractivity (Wildman–Crippen MR) is 77.0 cm³/mol. The monoisotopic (exact) mass is 266 g/mol. The molecule has 2 N–H and O–H groups in total. The van der Waals surface area contributed by atoms with Gasteiger partial charge in [-0.3, -0.25) is 9.78 Å². The highest BCUT2D eigenvalue weighted by molar-refractivity contribution is 5.92. The molecule has 1 amide bonds. The molecule has 0 saturated heterocycles. The van der Waals surface area contributed by atoms with Gasteiger partial charge in [-0.1, -0.05) is 24.0 Å². The Hall–Kier alpha value is -2.64. The number of aliphatic hydroxyl groups is 1. The summed E-state index contributed by atoms with van der Waals surface area (Å²) in [6, 6.07) is 12.6. The third-order valence-electron chi connectivity index (χ3n) is 2.53. The van der Waals surface area contributed by atoms with E-state index in [0.717, 1.165) is 11.3 Å². The van der Waals surface area contributed by atoms with Crippen LogP contribution < -0.4 is 5.32 Å².